The van der Waals surface area contributed by atoms with Crippen LogP contribution in [0.4, 0.5) is 11.8 Å². The SMILES string of the molecule is CN(C)c1nc(N[C@H]2CC[C@@H](CNC(=O)c3ccccc3Cc3ccccc3)CC2)nc2c1=CCCC=2. The van der Waals surface area contributed by atoms with E-state index >= 15 is 0 Å². The molecule has 0 saturated heterocycles. The van der Waals surface area contributed by atoms with Gasteiger partial charge in [0.1, 0.15) is 5.82 Å². The van der Waals surface area contributed by atoms with E-state index in [4.69, 9.17) is 9.97 Å². The van der Waals surface area contributed by atoms with Crippen LogP contribution in [-0.4, -0.2) is 42.6 Å². The second kappa shape index (κ2) is 11.6. The van der Waals surface area contributed by atoms with Gasteiger partial charge in [0.15, 0.2) is 0 Å². The summed E-state index contributed by atoms with van der Waals surface area (Å²) in [5, 5.41) is 9.00. The molecule has 6 nitrogen and oxygen atoms in total. The maximum Gasteiger partial charge on any atom is 0.251 e. The van der Waals surface area contributed by atoms with Gasteiger partial charge in [-0.3, -0.25) is 4.79 Å². The summed E-state index contributed by atoms with van der Waals surface area (Å²) < 4.78 is 0. The number of fused-ring (bicyclic) bond motifs is 1. The quantitative estimate of drug-likeness (QED) is 0.496. The fourth-order valence-electron chi connectivity index (χ4n) is 5.42. The predicted molar refractivity (Wildman–Crippen MR) is 151 cm³/mol. The van der Waals surface area contributed by atoms with Crippen molar-refractivity contribution < 1.29 is 4.79 Å². The van der Waals surface area contributed by atoms with Gasteiger partial charge in [0, 0.05) is 37.5 Å². The molecule has 0 spiro atoms. The van der Waals surface area contributed by atoms with Gasteiger partial charge in [-0.15, -0.1) is 0 Å². The van der Waals surface area contributed by atoms with Gasteiger partial charge in [-0.2, -0.15) is 4.98 Å². The fourth-order valence-corrected chi connectivity index (χ4v) is 5.42. The highest BCUT2D eigenvalue weighted by Crippen LogP contribution is 2.26. The molecule has 1 aromatic heterocycles. The second-order valence-electron chi connectivity index (χ2n) is 10.4. The van der Waals surface area contributed by atoms with E-state index in [-0.39, 0.29) is 5.91 Å². The first-order valence-electron chi connectivity index (χ1n) is 13.5. The molecule has 3 aromatic rings. The lowest BCUT2D eigenvalue weighted by Crippen LogP contribution is -2.39. The minimum Gasteiger partial charge on any atom is -0.362 e. The molecule has 192 valence electrons. The average Bonchev–Trinajstić information content (AvgIpc) is 2.93. The van der Waals surface area contributed by atoms with Crippen molar-refractivity contribution in [2.24, 2.45) is 5.92 Å². The van der Waals surface area contributed by atoms with Crippen molar-refractivity contribution >= 4 is 29.8 Å². The van der Waals surface area contributed by atoms with E-state index in [1.807, 2.05) is 50.5 Å². The molecule has 2 N–H and O–H groups in total. The topological polar surface area (TPSA) is 70.2 Å². The maximum atomic E-state index is 13.1. The van der Waals surface area contributed by atoms with Crippen molar-refractivity contribution in [2.75, 3.05) is 30.9 Å². The van der Waals surface area contributed by atoms with Crippen LogP contribution in [0.3, 0.4) is 0 Å². The zero-order valence-corrected chi connectivity index (χ0v) is 21.9. The lowest BCUT2D eigenvalue weighted by atomic mass is 9.86. The third kappa shape index (κ3) is 6.19. The van der Waals surface area contributed by atoms with Crippen molar-refractivity contribution in [3.63, 3.8) is 0 Å². The minimum absolute atomic E-state index is 0.0264. The number of amides is 1. The third-order valence-electron chi connectivity index (χ3n) is 7.46. The number of nitrogens with zero attached hydrogens (tertiary/aromatic N) is 3. The average molecular weight is 496 g/mol. The molecule has 6 heteroatoms. The smallest absolute Gasteiger partial charge is 0.251 e. The molecular formula is C31H37N5O. The fraction of sp³-hybridized carbons (Fsp3) is 0.387. The monoisotopic (exact) mass is 495 g/mol. The summed E-state index contributed by atoms with van der Waals surface area (Å²) in [5.41, 5.74) is 3.05. The van der Waals surface area contributed by atoms with Crippen LogP contribution < -0.4 is 26.1 Å². The molecule has 37 heavy (non-hydrogen) atoms. The molecule has 0 unspecified atom stereocenters. The van der Waals surface area contributed by atoms with Crippen LogP contribution in [0.2, 0.25) is 0 Å². The Morgan fingerprint density at radius 3 is 2.43 bits per heavy atom. The van der Waals surface area contributed by atoms with Crippen molar-refractivity contribution in [1.82, 2.24) is 15.3 Å². The Labute approximate surface area is 219 Å². The molecule has 1 heterocycles. The molecule has 2 aliphatic rings. The van der Waals surface area contributed by atoms with Gasteiger partial charge in [-0.1, -0.05) is 60.7 Å². The molecule has 1 amide bonds. The van der Waals surface area contributed by atoms with Gasteiger partial charge in [-0.25, -0.2) is 4.98 Å². The summed E-state index contributed by atoms with van der Waals surface area (Å²) in [5.74, 6) is 2.22. The van der Waals surface area contributed by atoms with Crippen LogP contribution in [0.1, 0.15) is 60.0 Å². The minimum atomic E-state index is 0.0264. The molecule has 2 aromatic carbocycles. The Kier molecular flexibility index (Phi) is 7.83. The normalized spacial score (nSPS) is 18.6. The number of aromatic nitrogens is 2. The number of rotatable bonds is 8. The number of hydrogen-bond acceptors (Lipinski definition) is 5. The molecule has 0 bridgehead atoms. The zero-order chi connectivity index (χ0) is 25.6. The highest BCUT2D eigenvalue weighted by molar-refractivity contribution is 5.95. The Bertz CT molecular complexity index is 1340. The Morgan fingerprint density at radius 1 is 0.919 bits per heavy atom. The second-order valence-corrected chi connectivity index (χ2v) is 10.4. The van der Waals surface area contributed by atoms with Gasteiger partial charge in [0.25, 0.3) is 5.91 Å². The zero-order valence-electron chi connectivity index (χ0n) is 21.9. The van der Waals surface area contributed by atoms with Gasteiger partial charge in [0.05, 0.1) is 5.35 Å². The van der Waals surface area contributed by atoms with Crippen LogP contribution in [0.15, 0.2) is 54.6 Å². The van der Waals surface area contributed by atoms with E-state index in [0.717, 1.165) is 85.0 Å². The highest BCUT2D eigenvalue weighted by Gasteiger charge is 2.23. The van der Waals surface area contributed by atoms with Crippen molar-refractivity contribution in [3.8, 4) is 0 Å². The summed E-state index contributed by atoms with van der Waals surface area (Å²) >= 11 is 0. The van der Waals surface area contributed by atoms with Crippen molar-refractivity contribution in [2.45, 2.75) is 51.0 Å². The Balaban J connectivity index is 1.15. The summed E-state index contributed by atoms with van der Waals surface area (Å²) in [4.78, 5) is 24.8. The van der Waals surface area contributed by atoms with Crippen LogP contribution in [-0.2, 0) is 6.42 Å². The standard InChI is InChI=1S/C31H37N5O/c1-36(2)29-27-14-8-9-15-28(27)34-31(35-29)33-25-18-16-23(17-19-25)21-32-30(37)26-13-7-6-12-24(26)20-22-10-4-3-5-11-22/h3-7,10-15,23,25H,8-9,16-21H2,1-2H3,(H,32,37)(H,33,34)/t23-,25+. The van der Waals surface area contributed by atoms with Gasteiger partial charge in [0.2, 0.25) is 5.95 Å². The number of nitrogens with one attached hydrogen (secondary N) is 2. The van der Waals surface area contributed by atoms with Crippen LogP contribution >= 0.6 is 0 Å². The molecular weight excluding hydrogens is 458 g/mol. The number of benzene rings is 2. The molecule has 0 radical (unpaired) electrons. The highest BCUT2D eigenvalue weighted by atomic mass is 16.1. The Hall–Kier alpha value is -3.67. The number of carbonyl (C=O) groups excluding carboxylic acids is 1. The van der Waals surface area contributed by atoms with Crippen LogP contribution in [0.25, 0.3) is 12.2 Å². The molecule has 1 saturated carbocycles. The lowest BCUT2D eigenvalue weighted by molar-refractivity contribution is 0.0942. The lowest BCUT2D eigenvalue weighted by Gasteiger charge is -2.29. The van der Waals surface area contributed by atoms with Crippen molar-refractivity contribution in [3.05, 3.63) is 81.9 Å². The first kappa shape index (κ1) is 25.0. The third-order valence-corrected chi connectivity index (χ3v) is 7.46. The number of hydrogen-bond donors (Lipinski definition) is 2. The Morgan fingerprint density at radius 2 is 1.65 bits per heavy atom. The van der Waals surface area contributed by atoms with E-state index < -0.39 is 0 Å². The summed E-state index contributed by atoms with van der Waals surface area (Å²) in [6.45, 7) is 0.718. The summed E-state index contributed by atoms with van der Waals surface area (Å²) in [6, 6.07) is 18.6. The molecule has 1 fully saturated rings. The first-order chi connectivity index (χ1) is 18.1. The van der Waals surface area contributed by atoms with E-state index in [1.54, 1.807) is 0 Å². The van der Waals surface area contributed by atoms with Gasteiger partial charge < -0.3 is 15.5 Å². The summed E-state index contributed by atoms with van der Waals surface area (Å²) in [7, 11) is 4.07. The maximum absolute atomic E-state index is 13.1. The van der Waals surface area contributed by atoms with Crippen LogP contribution in [0.5, 0.6) is 0 Å². The molecule has 0 atom stereocenters. The van der Waals surface area contributed by atoms with E-state index in [0.29, 0.717) is 12.0 Å². The van der Waals surface area contributed by atoms with E-state index in [1.165, 1.54) is 5.56 Å². The van der Waals surface area contributed by atoms with Crippen molar-refractivity contribution in [1.29, 1.82) is 0 Å². The van der Waals surface area contributed by atoms with Gasteiger partial charge >= 0.3 is 0 Å². The van der Waals surface area contributed by atoms with E-state index in [2.05, 4.69) is 45.9 Å². The predicted octanol–water partition coefficient (Wildman–Crippen LogP) is 3.89. The van der Waals surface area contributed by atoms with Gasteiger partial charge in [-0.05, 0) is 68.1 Å². The molecule has 2 aliphatic carbocycles. The first-order valence-corrected chi connectivity index (χ1v) is 13.5. The largest absolute Gasteiger partial charge is 0.362 e. The summed E-state index contributed by atoms with van der Waals surface area (Å²) in [6.07, 6.45) is 11.6. The molecule has 0 aliphatic heterocycles. The van der Waals surface area contributed by atoms with Crippen LogP contribution in [0, 0.1) is 5.92 Å². The molecule has 5 rings (SSSR count). The van der Waals surface area contributed by atoms with E-state index in [9.17, 15) is 4.79 Å². The number of anilines is 2. The number of carbonyl (C=O) groups is 1.